The molecule has 1 aliphatic heterocycles. The molecule has 276 valence electrons. The Morgan fingerprint density at radius 2 is 1.20 bits per heavy atom. The third-order valence-electron chi connectivity index (χ3n) is 7.81. The lowest BCUT2D eigenvalue weighted by Crippen LogP contribution is -2.61. The maximum Gasteiger partial charge on any atom is 0.416 e. The van der Waals surface area contributed by atoms with E-state index in [1.165, 1.54) is 12.1 Å². The fourth-order valence-electron chi connectivity index (χ4n) is 5.58. The van der Waals surface area contributed by atoms with Crippen molar-refractivity contribution in [2.45, 2.75) is 121 Å². The van der Waals surface area contributed by atoms with Gasteiger partial charge in [0.1, 0.15) is 23.9 Å². The maximum absolute atomic E-state index is 13.6. The number of benzene rings is 2. The summed E-state index contributed by atoms with van der Waals surface area (Å²) in [6.07, 6.45) is -10.0. The molecule has 3 unspecified atom stereocenters. The quantitative estimate of drug-likeness (QED) is 0.213. The van der Waals surface area contributed by atoms with Gasteiger partial charge in [0.15, 0.2) is 18.3 Å². The van der Waals surface area contributed by atoms with E-state index < -0.39 is 88.2 Å². The molecule has 10 nitrogen and oxygen atoms in total. The zero-order chi connectivity index (χ0) is 37.9. The first kappa shape index (κ1) is 40.6. The zero-order valence-electron chi connectivity index (χ0n) is 29.8. The highest BCUT2D eigenvalue weighted by Gasteiger charge is 2.53. The summed E-state index contributed by atoms with van der Waals surface area (Å²) in [5.74, 6) is -2.97. The van der Waals surface area contributed by atoms with E-state index in [-0.39, 0.29) is 5.75 Å². The summed E-state index contributed by atoms with van der Waals surface area (Å²) in [6, 6.07) is 8.09. The first-order valence-electron chi connectivity index (χ1n) is 15.9. The Bertz CT molecular complexity index is 1520. The van der Waals surface area contributed by atoms with Crippen LogP contribution in [-0.2, 0) is 59.9 Å². The van der Waals surface area contributed by atoms with Gasteiger partial charge in [-0.05, 0) is 45.2 Å². The highest BCUT2D eigenvalue weighted by Crippen LogP contribution is 2.48. The SMILES string of the molecule is CC(=O)OCC1O[C@@H](S[C@H](c2ccc(C(F)(F)F)cc2)c2cc(C(C)(C)C)c(O)c(C(C)(C)C)c2)C(OC(C)=O)C(OC(C)=O)[C@H]1OC(C)=O. The van der Waals surface area contributed by atoms with Crippen LogP contribution in [-0.4, -0.2) is 65.4 Å². The molecule has 2 aromatic rings. The molecule has 0 amide bonds. The van der Waals surface area contributed by atoms with Gasteiger partial charge < -0.3 is 28.8 Å². The molecule has 0 spiro atoms. The summed E-state index contributed by atoms with van der Waals surface area (Å²) in [5, 5.41) is 10.6. The van der Waals surface area contributed by atoms with Gasteiger partial charge in [0.05, 0.1) is 10.8 Å². The van der Waals surface area contributed by atoms with E-state index in [4.69, 9.17) is 23.7 Å². The Morgan fingerprint density at radius 3 is 1.62 bits per heavy atom. The van der Waals surface area contributed by atoms with Crippen LogP contribution in [0.15, 0.2) is 36.4 Å². The number of phenols is 1. The van der Waals surface area contributed by atoms with Crippen LogP contribution in [0.4, 0.5) is 13.2 Å². The van der Waals surface area contributed by atoms with Crippen molar-refractivity contribution >= 4 is 35.6 Å². The van der Waals surface area contributed by atoms with Gasteiger partial charge in [-0.15, -0.1) is 11.8 Å². The van der Waals surface area contributed by atoms with E-state index in [9.17, 15) is 37.5 Å². The number of phenolic OH excluding ortho intramolecular Hbond substituents is 1. The van der Waals surface area contributed by atoms with Crippen LogP contribution >= 0.6 is 11.8 Å². The van der Waals surface area contributed by atoms with Crippen molar-refractivity contribution in [2.75, 3.05) is 6.61 Å². The number of esters is 4. The number of hydrogen-bond acceptors (Lipinski definition) is 11. The van der Waals surface area contributed by atoms with Gasteiger partial charge in [-0.3, -0.25) is 19.2 Å². The average molecular weight is 727 g/mol. The van der Waals surface area contributed by atoms with E-state index in [1.807, 2.05) is 41.5 Å². The van der Waals surface area contributed by atoms with Crippen LogP contribution in [0.25, 0.3) is 0 Å². The van der Waals surface area contributed by atoms with Crippen LogP contribution in [0.2, 0.25) is 0 Å². The van der Waals surface area contributed by atoms with E-state index in [0.29, 0.717) is 22.3 Å². The number of thioether (sulfide) groups is 1. The minimum Gasteiger partial charge on any atom is -0.507 e. The molecule has 0 aliphatic carbocycles. The van der Waals surface area contributed by atoms with Gasteiger partial charge in [-0.25, -0.2) is 0 Å². The van der Waals surface area contributed by atoms with Crippen molar-refractivity contribution in [2.24, 2.45) is 0 Å². The maximum atomic E-state index is 13.6. The van der Waals surface area contributed by atoms with Crippen molar-refractivity contribution in [3.05, 3.63) is 64.2 Å². The first-order chi connectivity index (χ1) is 22.9. The largest absolute Gasteiger partial charge is 0.507 e. The Morgan fingerprint density at radius 1 is 0.740 bits per heavy atom. The summed E-state index contributed by atoms with van der Waals surface area (Å²) in [4.78, 5) is 48.9. The number of aromatic hydroxyl groups is 1. The van der Waals surface area contributed by atoms with Crippen molar-refractivity contribution in [3.63, 3.8) is 0 Å². The monoisotopic (exact) mass is 726 g/mol. The van der Waals surface area contributed by atoms with Crippen LogP contribution in [0.3, 0.4) is 0 Å². The summed E-state index contributed by atoms with van der Waals surface area (Å²) >= 11 is 1.03. The second kappa shape index (κ2) is 15.6. The second-order valence-electron chi connectivity index (χ2n) is 14.2. The molecule has 14 heteroatoms. The lowest BCUT2D eigenvalue weighted by atomic mass is 9.78. The van der Waals surface area contributed by atoms with Gasteiger partial charge in [-0.1, -0.05) is 65.8 Å². The minimum absolute atomic E-state index is 0.0808. The summed E-state index contributed by atoms with van der Waals surface area (Å²) in [5.41, 5.74) is -1.08. The van der Waals surface area contributed by atoms with E-state index in [2.05, 4.69) is 0 Å². The van der Waals surface area contributed by atoms with Gasteiger partial charge in [0, 0.05) is 27.7 Å². The molecule has 0 bridgehead atoms. The number of hydrogen-bond donors (Lipinski definition) is 1. The lowest BCUT2D eigenvalue weighted by molar-refractivity contribution is -0.237. The number of halogens is 3. The molecule has 1 N–H and O–H groups in total. The molecule has 1 fully saturated rings. The van der Waals surface area contributed by atoms with Gasteiger partial charge in [-0.2, -0.15) is 13.2 Å². The molecule has 6 atom stereocenters. The summed E-state index contributed by atoms with van der Waals surface area (Å²) in [7, 11) is 0. The number of ether oxygens (including phenoxy) is 5. The molecule has 0 aromatic heterocycles. The van der Waals surface area contributed by atoms with Gasteiger partial charge in [0.2, 0.25) is 0 Å². The molecule has 2 aromatic carbocycles. The summed E-state index contributed by atoms with van der Waals surface area (Å²) < 4.78 is 69.2. The van der Waals surface area contributed by atoms with E-state index in [1.54, 1.807) is 12.1 Å². The third-order valence-corrected chi connectivity index (χ3v) is 9.27. The number of carbonyl (C=O) groups excluding carboxylic acids is 4. The van der Waals surface area contributed by atoms with Crippen LogP contribution in [0, 0.1) is 0 Å². The number of rotatable bonds is 9. The minimum atomic E-state index is -4.60. The lowest BCUT2D eigenvalue weighted by Gasteiger charge is -2.45. The molecule has 0 saturated carbocycles. The third kappa shape index (κ3) is 10.4. The average Bonchev–Trinajstić information content (AvgIpc) is 2.95. The van der Waals surface area contributed by atoms with Crippen LogP contribution < -0.4 is 0 Å². The Labute approximate surface area is 294 Å². The normalized spacial score (nSPS) is 21.9. The molecule has 1 saturated heterocycles. The van der Waals surface area contributed by atoms with E-state index in [0.717, 1.165) is 51.6 Å². The van der Waals surface area contributed by atoms with Crippen molar-refractivity contribution in [1.82, 2.24) is 0 Å². The Kier molecular flexibility index (Phi) is 12.7. The topological polar surface area (TPSA) is 135 Å². The molecular weight excluding hydrogens is 681 g/mol. The smallest absolute Gasteiger partial charge is 0.416 e. The first-order valence-corrected chi connectivity index (χ1v) is 16.8. The molecule has 1 aliphatic rings. The number of alkyl halides is 3. The van der Waals surface area contributed by atoms with E-state index >= 15 is 0 Å². The highest BCUT2D eigenvalue weighted by atomic mass is 32.2. The predicted molar refractivity (Wildman–Crippen MR) is 178 cm³/mol. The van der Waals surface area contributed by atoms with Gasteiger partial charge >= 0.3 is 30.1 Å². The second-order valence-corrected chi connectivity index (χ2v) is 15.4. The fraction of sp³-hybridized carbons (Fsp3) is 0.556. The van der Waals surface area contributed by atoms with Crippen molar-refractivity contribution < 1.29 is 61.1 Å². The van der Waals surface area contributed by atoms with Crippen molar-refractivity contribution in [1.29, 1.82) is 0 Å². The molecule has 0 radical (unpaired) electrons. The molecule has 1 heterocycles. The predicted octanol–water partition coefficient (Wildman–Crippen LogP) is 6.91. The van der Waals surface area contributed by atoms with Crippen LogP contribution in [0.1, 0.15) is 102 Å². The highest BCUT2D eigenvalue weighted by molar-refractivity contribution is 8.00. The Hall–Kier alpha value is -3.78. The van der Waals surface area contributed by atoms with Gasteiger partial charge in [0.25, 0.3) is 0 Å². The van der Waals surface area contributed by atoms with Crippen LogP contribution in [0.5, 0.6) is 5.75 Å². The number of carbonyl (C=O) groups is 4. The molecule has 50 heavy (non-hydrogen) atoms. The van der Waals surface area contributed by atoms with Crippen molar-refractivity contribution in [3.8, 4) is 5.75 Å². The zero-order valence-corrected chi connectivity index (χ0v) is 30.6. The fourth-order valence-corrected chi connectivity index (χ4v) is 7.03. The standard InChI is InChI=1S/C36H45F3O10S/c1-18(40)45-17-27-29(46-19(2)41)30(47-20(3)42)31(48-21(4)43)33(49-27)50-32(22-11-13-24(14-12-22)36(37,38)39)23-15-25(34(5,6)7)28(44)26(16-23)35(8,9)10/h11-16,27,29-33,44H,17H2,1-10H3/t27?,29-,30?,31?,32+,33-/m0/s1. The molecule has 3 rings (SSSR count). The summed E-state index contributed by atoms with van der Waals surface area (Å²) in [6.45, 7) is 15.5. The molecular formula is C36H45F3O10S. The Balaban J connectivity index is 2.33.